The number of aliphatic hydroxyl groups excluding tert-OH is 2. The Morgan fingerprint density at radius 2 is 1.76 bits per heavy atom. The Hall–Kier alpha value is -2.93. The van der Waals surface area contributed by atoms with E-state index in [0.717, 1.165) is 43.7 Å². The Bertz CT molecular complexity index is 1240. The Labute approximate surface area is 217 Å². The molecule has 200 valence electrons. The lowest BCUT2D eigenvalue weighted by Gasteiger charge is -2.46. The van der Waals surface area contributed by atoms with Gasteiger partial charge in [0.25, 0.3) is 0 Å². The van der Waals surface area contributed by atoms with Crippen LogP contribution in [0.15, 0.2) is 28.7 Å². The first kappa shape index (κ1) is 27.1. The number of phenolic OH excluding ortho intramolecular Hbond substituents is 1. The van der Waals surface area contributed by atoms with Gasteiger partial charge in [-0.2, -0.15) is 0 Å². The minimum Gasteiger partial charge on any atom is -0.511 e. The highest BCUT2D eigenvalue weighted by atomic mass is 16.3. The SMILES string of the molecule is CCCc1cc(CCCC(C)(C)C)c2c(c1O)C(=O)C1=C(O)C3(O)C(=O)C(C(C)=O)=C(O)CC3CC1C2. The van der Waals surface area contributed by atoms with Crippen LogP contribution < -0.4 is 0 Å². The van der Waals surface area contributed by atoms with Crippen LogP contribution in [0.1, 0.15) is 93.8 Å². The topological polar surface area (TPSA) is 132 Å². The molecule has 0 fully saturated rings. The molecule has 0 amide bonds. The summed E-state index contributed by atoms with van der Waals surface area (Å²) >= 11 is 0. The van der Waals surface area contributed by atoms with Gasteiger partial charge in [0.15, 0.2) is 17.2 Å². The number of aliphatic hydroxyl groups is 3. The molecule has 4 N–H and O–H groups in total. The number of rotatable bonds is 6. The molecule has 0 saturated heterocycles. The second-order valence-corrected chi connectivity index (χ2v) is 12.2. The van der Waals surface area contributed by atoms with E-state index in [0.29, 0.717) is 18.4 Å². The van der Waals surface area contributed by atoms with Crippen LogP contribution in [0.4, 0.5) is 0 Å². The molecule has 0 aliphatic heterocycles. The number of carbonyl (C=O) groups excluding carboxylic acids is 3. The first-order valence-electron chi connectivity index (χ1n) is 13.3. The zero-order valence-corrected chi connectivity index (χ0v) is 22.4. The van der Waals surface area contributed by atoms with Gasteiger partial charge < -0.3 is 20.4 Å². The average molecular weight is 511 g/mol. The molecule has 0 heterocycles. The van der Waals surface area contributed by atoms with Crippen LogP contribution in [0.25, 0.3) is 0 Å². The molecule has 7 heteroatoms. The van der Waals surface area contributed by atoms with Crippen LogP contribution in [-0.4, -0.2) is 43.4 Å². The number of carbonyl (C=O) groups is 3. The van der Waals surface area contributed by atoms with E-state index in [9.17, 15) is 34.8 Å². The highest BCUT2D eigenvalue weighted by Gasteiger charge is 2.59. The van der Waals surface area contributed by atoms with Crippen molar-refractivity contribution in [3.05, 3.63) is 51.0 Å². The first-order valence-corrected chi connectivity index (χ1v) is 13.3. The Morgan fingerprint density at radius 1 is 1.08 bits per heavy atom. The maximum atomic E-state index is 13.9. The van der Waals surface area contributed by atoms with E-state index in [4.69, 9.17) is 0 Å². The average Bonchev–Trinajstić information content (AvgIpc) is 2.78. The standard InChI is InChI=1S/C30H38O7/c1-6-8-17-11-16(9-7-10-29(3,4)5)20-13-18-12-19-14-21(32)22(15(2)31)27(35)30(19,37)28(36)23(18)26(34)24(20)25(17)33/h11,18-19,32-33,36-37H,6-10,12-14H2,1-5H3. The lowest BCUT2D eigenvalue weighted by molar-refractivity contribution is -0.144. The van der Waals surface area contributed by atoms with Crippen molar-refractivity contribution in [1.82, 2.24) is 0 Å². The van der Waals surface area contributed by atoms with Gasteiger partial charge >= 0.3 is 0 Å². The van der Waals surface area contributed by atoms with Crippen molar-refractivity contribution in [2.24, 2.45) is 17.3 Å². The normalized spacial score (nSPS) is 25.7. The van der Waals surface area contributed by atoms with Crippen molar-refractivity contribution in [2.45, 2.75) is 91.6 Å². The quantitative estimate of drug-likeness (QED) is 0.396. The Morgan fingerprint density at radius 3 is 2.35 bits per heavy atom. The molecule has 1 aromatic rings. The number of Topliss-reactive ketones (excluding diaryl/α,β-unsaturated/α-hetero) is 3. The summed E-state index contributed by atoms with van der Waals surface area (Å²) < 4.78 is 0. The number of phenols is 1. The molecule has 3 atom stereocenters. The molecule has 3 aliphatic rings. The molecule has 1 aromatic carbocycles. The minimum absolute atomic E-state index is 0.0755. The number of hydrogen-bond donors (Lipinski definition) is 4. The maximum Gasteiger partial charge on any atom is 0.209 e. The van der Waals surface area contributed by atoms with E-state index in [2.05, 4.69) is 20.8 Å². The molecule has 37 heavy (non-hydrogen) atoms. The first-order chi connectivity index (χ1) is 17.2. The van der Waals surface area contributed by atoms with Crippen molar-refractivity contribution in [2.75, 3.05) is 0 Å². The van der Waals surface area contributed by atoms with Gasteiger partial charge in [0, 0.05) is 17.9 Å². The van der Waals surface area contributed by atoms with Gasteiger partial charge in [-0.3, -0.25) is 14.4 Å². The zero-order valence-electron chi connectivity index (χ0n) is 22.4. The lowest BCUT2D eigenvalue weighted by atomic mass is 9.59. The largest absolute Gasteiger partial charge is 0.511 e. The number of fused-ring (bicyclic) bond motifs is 3. The van der Waals surface area contributed by atoms with E-state index < -0.39 is 51.9 Å². The van der Waals surface area contributed by atoms with E-state index in [1.165, 1.54) is 0 Å². The summed E-state index contributed by atoms with van der Waals surface area (Å²) in [6.07, 6.45) is 4.43. The molecule has 4 rings (SSSR count). The van der Waals surface area contributed by atoms with Crippen LogP contribution in [-0.2, 0) is 28.9 Å². The number of ketones is 3. The molecule has 3 unspecified atom stereocenters. The lowest BCUT2D eigenvalue weighted by Crippen LogP contribution is -2.56. The zero-order chi connectivity index (χ0) is 27.4. The van der Waals surface area contributed by atoms with Crippen LogP contribution in [0, 0.1) is 17.3 Å². The highest BCUT2D eigenvalue weighted by Crippen LogP contribution is 2.52. The molecule has 0 bridgehead atoms. The van der Waals surface area contributed by atoms with E-state index in [-0.39, 0.29) is 35.1 Å². The van der Waals surface area contributed by atoms with Crippen LogP contribution >= 0.6 is 0 Å². The predicted octanol–water partition coefficient (Wildman–Crippen LogP) is 5.01. The molecular formula is C30H38O7. The third kappa shape index (κ3) is 4.41. The molecule has 0 spiro atoms. The highest BCUT2D eigenvalue weighted by molar-refractivity contribution is 6.25. The van der Waals surface area contributed by atoms with Gasteiger partial charge in [-0.1, -0.05) is 40.2 Å². The van der Waals surface area contributed by atoms with Crippen molar-refractivity contribution >= 4 is 17.3 Å². The number of aromatic hydroxyl groups is 1. The fourth-order valence-corrected chi connectivity index (χ4v) is 6.43. The van der Waals surface area contributed by atoms with E-state index in [1.54, 1.807) is 0 Å². The number of benzene rings is 1. The summed E-state index contributed by atoms with van der Waals surface area (Å²) in [5.74, 6) is -4.98. The van der Waals surface area contributed by atoms with Gasteiger partial charge in [-0.25, -0.2) is 0 Å². The summed E-state index contributed by atoms with van der Waals surface area (Å²) in [7, 11) is 0. The fraction of sp³-hybridized carbons (Fsp3) is 0.567. The second-order valence-electron chi connectivity index (χ2n) is 12.2. The van der Waals surface area contributed by atoms with Gasteiger partial charge in [0.05, 0.1) is 5.56 Å². The number of hydrogen-bond acceptors (Lipinski definition) is 7. The monoisotopic (exact) mass is 510 g/mol. The summed E-state index contributed by atoms with van der Waals surface area (Å²) in [5.41, 5.74) is -0.328. The maximum absolute atomic E-state index is 13.9. The van der Waals surface area contributed by atoms with Crippen LogP contribution in [0.5, 0.6) is 5.75 Å². The van der Waals surface area contributed by atoms with E-state index in [1.807, 2.05) is 13.0 Å². The fourth-order valence-electron chi connectivity index (χ4n) is 6.43. The van der Waals surface area contributed by atoms with Gasteiger partial charge in [0.1, 0.15) is 22.8 Å². The number of allylic oxidation sites excluding steroid dienone is 2. The summed E-state index contributed by atoms with van der Waals surface area (Å²) in [5, 5.41) is 44.3. The van der Waals surface area contributed by atoms with Crippen molar-refractivity contribution in [1.29, 1.82) is 0 Å². The third-order valence-electron chi connectivity index (χ3n) is 8.23. The third-order valence-corrected chi connectivity index (χ3v) is 8.23. The van der Waals surface area contributed by atoms with Crippen molar-refractivity contribution in [3.63, 3.8) is 0 Å². The second kappa shape index (κ2) is 9.43. The van der Waals surface area contributed by atoms with Crippen LogP contribution in [0.3, 0.4) is 0 Å². The molecule has 7 nitrogen and oxygen atoms in total. The molecule has 0 saturated carbocycles. The van der Waals surface area contributed by atoms with Crippen LogP contribution in [0.2, 0.25) is 0 Å². The predicted molar refractivity (Wildman–Crippen MR) is 139 cm³/mol. The molecule has 3 aliphatic carbocycles. The Kier molecular flexibility index (Phi) is 6.91. The van der Waals surface area contributed by atoms with Gasteiger partial charge in [0.2, 0.25) is 5.78 Å². The summed E-state index contributed by atoms with van der Waals surface area (Å²) in [4.78, 5) is 39.1. The van der Waals surface area contributed by atoms with Crippen molar-refractivity contribution in [3.8, 4) is 5.75 Å². The number of aryl methyl sites for hydroxylation is 2. The van der Waals surface area contributed by atoms with Crippen molar-refractivity contribution < 1.29 is 34.8 Å². The van der Waals surface area contributed by atoms with Gasteiger partial charge in [-0.15, -0.1) is 0 Å². The molecule has 0 aromatic heterocycles. The Balaban J connectivity index is 1.84. The smallest absolute Gasteiger partial charge is 0.209 e. The minimum atomic E-state index is -2.46. The molecule has 0 radical (unpaired) electrons. The van der Waals surface area contributed by atoms with Gasteiger partial charge in [-0.05, 0) is 73.5 Å². The molecular weight excluding hydrogens is 472 g/mol. The summed E-state index contributed by atoms with van der Waals surface area (Å²) in [6, 6.07) is 2.00. The van der Waals surface area contributed by atoms with E-state index >= 15 is 0 Å². The summed E-state index contributed by atoms with van der Waals surface area (Å²) in [6.45, 7) is 9.65.